The monoisotopic (exact) mass is 219 g/mol. The van der Waals surface area contributed by atoms with E-state index in [1.807, 2.05) is 6.07 Å². The van der Waals surface area contributed by atoms with Crippen LogP contribution >= 0.6 is 0 Å². The number of benzene rings is 1. The highest BCUT2D eigenvalue weighted by Gasteiger charge is 2.21. The predicted molar refractivity (Wildman–Crippen MR) is 66.9 cm³/mol. The van der Waals surface area contributed by atoms with Crippen molar-refractivity contribution in [2.45, 2.75) is 45.3 Å². The average Bonchev–Trinajstić information content (AvgIpc) is 3.10. The molecule has 0 saturated heterocycles. The summed E-state index contributed by atoms with van der Waals surface area (Å²) in [6, 6.07) is 9.13. The molecular formula is C14H21NO. The standard InChI is InChI=1S/C14H21NO/c1-3-12-5-4-6-14(9-12)16-11(2)10-15-13-7-8-13/h4-6,9,11,13,15H,3,7-8,10H2,1-2H3. The van der Waals surface area contributed by atoms with E-state index in [9.17, 15) is 0 Å². The summed E-state index contributed by atoms with van der Waals surface area (Å²) in [7, 11) is 0. The number of aryl methyl sites for hydroxylation is 1. The van der Waals surface area contributed by atoms with Crippen molar-refractivity contribution in [2.75, 3.05) is 6.54 Å². The summed E-state index contributed by atoms with van der Waals surface area (Å²) < 4.78 is 5.87. The molecule has 1 fully saturated rings. The van der Waals surface area contributed by atoms with Gasteiger partial charge in [0.15, 0.2) is 0 Å². The summed E-state index contributed by atoms with van der Waals surface area (Å²) in [6.45, 7) is 5.23. The third kappa shape index (κ3) is 3.53. The lowest BCUT2D eigenvalue weighted by Crippen LogP contribution is -2.30. The molecule has 0 bridgehead atoms. The van der Waals surface area contributed by atoms with Crippen molar-refractivity contribution in [2.24, 2.45) is 0 Å². The van der Waals surface area contributed by atoms with Crippen LogP contribution in [0.3, 0.4) is 0 Å². The Bertz CT molecular complexity index is 333. The molecule has 1 aromatic rings. The van der Waals surface area contributed by atoms with Gasteiger partial charge in [-0.15, -0.1) is 0 Å². The molecule has 1 aliphatic carbocycles. The molecule has 0 aliphatic heterocycles. The van der Waals surface area contributed by atoms with Crippen molar-refractivity contribution in [3.05, 3.63) is 29.8 Å². The fourth-order valence-electron chi connectivity index (χ4n) is 1.73. The van der Waals surface area contributed by atoms with Gasteiger partial charge in [-0.1, -0.05) is 19.1 Å². The minimum Gasteiger partial charge on any atom is -0.489 e. The fraction of sp³-hybridized carbons (Fsp3) is 0.571. The molecule has 0 aromatic heterocycles. The van der Waals surface area contributed by atoms with E-state index in [2.05, 4.69) is 37.4 Å². The first-order chi connectivity index (χ1) is 7.78. The highest BCUT2D eigenvalue weighted by Crippen LogP contribution is 2.19. The molecule has 2 heteroatoms. The smallest absolute Gasteiger partial charge is 0.120 e. The van der Waals surface area contributed by atoms with Crippen molar-refractivity contribution in [3.8, 4) is 5.75 Å². The predicted octanol–water partition coefficient (Wildman–Crippen LogP) is 2.77. The zero-order chi connectivity index (χ0) is 11.4. The van der Waals surface area contributed by atoms with Crippen LogP contribution < -0.4 is 10.1 Å². The number of hydrogen-bond acceptors (Lipinski definition) is 2. The summed E-state index contributed by atoms with van der Waals surface area (Å²) >= 11 is 0. The van der Waals surface area contributed by atoms with Crippen LogP contribution in [0.1, 0.15) is 32.3 Å². The minimum atomic E-state index is 0.243. The fourth-order valence-corrected chi connectivity index (χ4v) is 1.73. The van der Waals surface area contributed by atoms with Crippen LogP contribution in [-0.4, -0.2) is 18.7 Å². The zero-order valence-corrected chi connectivity index (χ0v) is 10.2. The lowest BCUT2D eigenvalue weighted by molar-refractivity contribution is 0.216. The Kier molecular flexibility index (Phi) is 3.83. The minimum absolute atomic E-state index is 0.243. The summed E-state index contributed by atoms with van der Waals surface area (Å²) in [5.74, 6) is 0.990. The van der Waals surface area contributed by atoms with Gasteiger partial charge in [0, 0.05) is 12.6 Å². The molecule has 1 unspecified atom stereocenters. The second kappa shape index (κ2) is 5.35. The van der Waals surface area contributed by atoms with Crippen molar-refractivity contribution < 1.29 is 4.74 Å². The van der Waals surface area contributed by atoms with Crippen molar-refractivity contribution >= 4 is 0 Å². The summed E-state index contributed by atoms with van der Waals surface area (Å²) in [5.41, 5.74) is 1.33. The quantitative estimate of drug-likeness (QED) is 0.794. The molecular weight excluding hydrogens is 198 g/mol. The molecule has 1 atom stereocenters. The van der Waals surface area contributed by atoms with Gasteiger partial charge in [-0.25, -0.2) is 0 Å². The topological polar surface area (TPSA) is 21.3 Å². The van der Waals surface area contributed by atoms with Gasteiger partial charge in [0.1, 0.15) is 11.9 Å². The van der Waals surface area contributed by atoms with Crippen molar-refractivity contribution in [1.82, 2.24) is 5.32 Å². The molecule has 2 rings (SSSR count). The number of nitrogens with one attached hydrogen (secondary N) is 1. The Balaban J connectivity index is 1.81. The first-order valence-corrected chi connectivity index (χ1v) is 6.27. The molecule has 0 spiro atoms. The Labute approximate surface area is 98.0 Å². The van der Waals surface area contributed by atoms with E-state index >= 15 is 0 Å². The Morgan fingerprint density at radius 2 is 2.25 bits per heavy atom. The largest absolute Gasteiger partial charge is 0.489 e. The number of ether oxygens (including phenoxy) is 1. The van der Waals surface area contributed by atoms with Crippen LogP contribution in [0.4, 0.5) is 0 Å². The molecule has 2 nitrogen and oxygen atoms in total. The summed E-state index contributed by atoms with van der Waals surface area (Å²) in [4.78, 5) is 0. The highest BCUT2D eigenvalue weighted by molar-refractivity contribution is 5.28. The van der Waals surface area contributed by atoms with Crippen LogP contribution in [0.2, 0.25) is 0 Å². The summed E-state index contributed by atoms with van der Waals surface area (Å²) in [5, 5.41) is 3.48. The van der Waals surface area contributed by atoms with E-state index in [1.54, 1.807) is 0 Å². The molecule has 0 radical (unpaired) electrons. The van der Waals surface area contributed by atoms with Crippen LogP contribution in [0.5, 0.6) is 5.75 Å². The van der Waals surface area contributed by atoms with Gasteiger partial charge in [-0.2, -0.15) is 0 Å². The van der Waals surface area contributed by atoms with E-state index in [4.69, 9.17) is 4.74 Å². The van der Waals surface area contributed by atoms with Crippen LogP contribution in [0, 0.1) is 0 Å². The van der Waals surface area contributed by atoms with E-state index in [-0.39, 0.29) is 6.10 Å². The third-order valence-electron chi connectivity index (χ3n) is 2.92. The van der Waals surface area contributed by atoms with Crippen LogP contribution in [0.25, 0.3) is 0 Å². The first-order valence-electron chi connectivity index (χ1n) is 6.27. The van der Waals surface area contributed by atoms with E-state index < -0.39 is 0 Å². The van der Waals surface area contributed by atoms with Gasteiger partial charge in [-0.05, 0) is 43.9 Å². The van der Waals surface area contributed by atoms with Gasteiger partial charge in [0.2, 0.25) is 0 Å². The maximum absolute atomic E-state index is 5.87. The van der Waals surface area contributed by atoms with Crippen molar-refractivity contribution in [3.63, 3.8) is 0 Å². The van der Waals surface area contributed by atoms with Crippen LogP contribution in [0.15, 0.2) is 24.3 Å². The Morgan fingerprint density at radius 1 is 1.44 bits per heavy atom. The molecule has 16 heavy (non-hydrogen) atoms. The molecule has 1 aliphatic rings. The van der Waals surface area contributed by atoms with Gasteiger partial charge in [0.25, 0.3) is 0 Å². The summed E-state index contributed by atoms with van der Waals surface area (Å²) in [6.07, 6.45) is 3.97. The molecule has 1 N–H and O–H groups in total. The van der Waals surface area contributed by atoms with Gasteiger partial charge >= 0.3 is 0 Å². The SMILES string of the molecule is CCc1cccc(OC(C)CNC2CC2)c1. The molecule has 88 valence electrons. The molecule has 0 amide bonds. The normalized spacial score (nSPS) is 17.1. The molecule has 0 heterocycles. The lowest BCUT2D eigenvalue weighted by Gasteiger charge is -2.15. The first kappa shape index (κ1) is 11.5. The van der Waals surface area contributed by atoms with E-state index in [0.717, 1.165) is 24.8 Å². The lowest BCUT2D eigenvalue weighted by atomic mass is 10.2. The van der Waals surface area contributed by atoms with Gasteiger partial charge < -0.3 is 10.1 Å². The number of hydrogen-bond donors (Lipinski definition) is 1. The second-order valence-electron chi connectivity index (χ2n) is 4.61. The van der Waals surface area contributed by atoms with Crippen LogP contribution in [-0.2, 0) is 6.42 Å². The second-order valence-corrected chi connectivity index (χ2v) is 4.61. The van der Waals surface area contributed by atoms with E-state index in [1.165, 1.54) is 18.4 Å². The molecule has 1 aromatic carbocycles. The molecule has 1 saturated carbocycles. The zero-order valence-electron chi connectivity index (χ0n) is 10.2. The average molecular weight is 219 g/mol. The Hall–Kier alpha value is -1.02. The van der Waals surface area contributed by atoms with Gasteiger partial charge in [0.05, 0.1) is 0 Å². The van der Waals surface area contributed by atoms with E-state index in [0.29, 0.717) is 0 Å². The number of rotatable bonds is 6. The van der Waals surface area contributed by atoms with Gasteiger partial charge in [-0.3, -0.25) is 0 Å². The third-order valence-corrected chi connectivity index (χ3v) is 2.92. The maximum Gasteiger partial charge on any atom is 0.120 e. The van der Waals surface area contributed by atoms with Crippen molar-refractivity contribution in [1.29, 1.82) is 0 Å². The highest BCUT2D eigenvalue weighted by atomic mass is 16.5. The Morgan fingerprint density at radius 3 is 2.94 bits per heavy atom. The maximum atomic E-state index is 5.87.